The maximum Gasteiger partial charge on any atom is 0.0592 e. The van der Waals surface area contributed by atoms with Crippen molar-refractivity contribution in [3.8, 4) is 0 Å². The van der Waals surface area contributed by atoms with E-state index in [1.165, 1.54) is 42.7 Å². The van der Waals surface area contributed by atoms with Crippen LogP contribution in [-0.2, 0) is 5.41 Å². The van der Waals surface area contributed by atoms with Crippen LogP contribution >= 0.6 is 11.3 Å². The summed E-state index contributed by atoms with van der Waals surface area (Å²) in [4.78, 5) is 2.31. The van der Waals surface area contributed by atoms with Crippen LogP contribution in [-0.4, -0.2) is 7.05 Å². The molecule has 0 aliphatic carbocycles. The maximum absolute atomic E-state index is 2.31. The van der Waals surface area contributed by atoms with Crippen LogP contribution in [0.1, 0.15) is 31.9 Å². The van der Waals surface area contributed by atoms with Gasteiger partial charge in [-0.15, -0.1) is 11.3 Å². The summed E-state index contributed by atoms with van der Waals surface area (Å²) in [7, 11) is 2.16. The van der Waals surface area contributed by atoms with Crippen molar-refractivity contribution >= 4 is 42.9 Å². The second kappa shape index (κ2) is 6.14. The Balaban J connectivity index is 1.83. The molecule has 0 unspecified atom stereocenters. The van der Waals surface area contributed by atoms with Gasteiger partial charge < -0.3 is 4.90 Å². The van der Waals surface area contributed by atoms with Crippen molar-refractivity contribution in [1.29, 1.82) is 0 Å². The van der Waals surface area contributed by atoms with Crippen molar-refractivity contribution in [3.05, 3.63) is 71.8 Å². The number of anilines is 2. The fraction of sp³-hybridized carbons (Fsp3) is 0.250. The van der Waals surface area contributed by atoms with Crippen LogP contribution in [0.15, 0.2) is 60.7 Å². The summed E-state index contributed by atoms with van der Waals surface area (Å²) in [5.41, 5.74) is 5.39. The van der Waals surface area contributed by atoms with Gasteiger partial charge in [-0.25, -0.2) is 0 Å². The molecule has 0 atom stereocenters. The molecule has 0 radical (unpaired) electrons. The van der Waals surface area contributed by atoms with E-state index in [0.717, 1.165) is 0 Å². The van der Waals surface area contributed by atoms with E-state index in [4.69, 9.17) is 0 Å². The van der Waals surface area contributed by atoms with Crippen LogP contribution in [0, 0.1) is 6.92 Å². The Morgan fingerprint density at radius 3 is 2.04 bits per heavy atom. The average molecular weight is 360 g/mol. The van der Waals surface area contributed by atoms with Crippen LogP contribution < -0.4 is 4.90 Å². The third-order valence-electron chi connectivity index (χ3n) is 5.18. The molecule has 0 N–H and O–H groups in total. The molecule has 4 rings (SSSR count). The van der Waals surface area contributed by atoms with Crippen LogP contribution in [0.25, 0.3) is 20.2 Å². The van der Waals surface area contributed by atoms with E-state index in [9.17, 15) is 0 Å². The molecular weight excluding hydrogens is 334 g/mol. The van der Waals surface area contributed by atoms with Gasteiger partial charge in [0.1, 0.15) is 0 Å². The van der Waals surface area contributed by atoms with E-state index in [-0.39, 0.29) is 5.41 Å². The van der Waals surface area contributed by atoms with E-state index in [1.54, 1.807) is 0 Å². The Bertz CT molecular complexity index is 1080. The average Bonchev–Trinajstić information content (AvgIpc) is 3.01. The first kappa shape index (κ1) is 17.1. The van der Waals surface area contributed by atoms with Gasteiger partial charge >= 0.3 is 0 Å². The predicted molar refractivity (Wildman–Crippen MR) is 117 cm³/mol. The van der Waals surface area contributed by atoms with Gasteiger partial charge in [-0.05, 0) is 41.7 Å². The number of rotatable bonds is 2. The number of benzene rings is 3. The minimum Gasteiger partial charge on any atom is -0.343 e. The minimum atomic E-state index is 0.181. The van der Waals surface area contributed by atoms with Gasteiger partial charge in [-0.2, -0.15) is 0 Å². The van der Waals surface area contributed by atoms with Gasteiger partial charge in [-0.1, -0.05) is 63.2 Å². The molecule has 0 aliphatic heterocycles. The summed E-state index contributed by atoms with van der Waals surface area (Å²) in [5, 5.41) is 2.72. The lowest BCUT2D eigenvalue weighted by Crippen LogP contribution is -2.13. The summed E-state index contributed by atoms with van der Waals surface area (Å²) in [5.74, 6) is 0. The number of aryl methyl sites for hydroxylation is 1. The summed E-state index contributed by atoms with van der Waals surface area (Å²) in [6.07, 6.45) is 0. The van der Waals surface area contributed by atoms with E-state index >= 15 is 0 Å². The lowest BCUT2D eigenvalue weighted by Gasteiger charge is -2.23. The van der Waals surface area contributed by atoms with Crippen molar-refractivity contribution in [1.82, 2.24) is 0 Å². The normalized spacial score (nSPS) is 12.0. The van der Waals surface area contributed by atoms with Crippen molar-refractivity contribution in [3.63, 3.8) is 0 Å². The van der Waals surface area contributed by atoms with E-state index in [1.807, 2.05) is 11.3 Å². The molecule has 1 aromatic heterocycles. The quantitative estimate of drug-likeness (QED) is 0.360. The van der Waals surface area contributed by atoms with Crippen molar-refractivity contribution < 1.29 is 0 Å². The molecule has 0 bridgehead atoms. The Kier molecular flexibility index (Phi) is 4.04. The number of fused-ring (bicyclic) bond motifs is 3. The van der Waals surface area contributed by atoms with E-state index in [0.29, 0.717) is 0 Å². The SMILES string of the molecule is Cc1cccc2c1sc1c(N(C)c3ccc(C(C)(C)C)cc3)cccc12. The summed E-state index contributed by atoms with van der Waals surface area (Å²) >= 11 is 1.90. The van der Waals surface area contributed by atoms with Crippen molar-refractivity contribution in [2.75, 3.05) is 11.9 Å². The Morgan fingerprint density at radius 1 is 0.769 bits per heavy atom. The maximum atomic E-state index is 2.31. The zero-order valence-corrected chi connectivity index (χ0v) is 16.9. The molecule has 0 spiro atoms. The summed E-state index contributed by atoms with van der Waals surface area (Å²) < 4.78 is 2.76. The smallest absolute Gasteiger partial charge is 0.0592 e. The van der Waals surface area contributed by atoms with Crippen molar-refractivity contribution in [2.45, 2.75) is 33.1 Å². The number of hydrogen-bond acceptors (Lipinski definition) is 2. The zero-order valence-electron chi connectivity index (χ0n) is 16.1. The molecule has 132 valence electrons. The number of thiophene rings is 1. The van der Waals surface area contributed by atoms with Gasteiger partial charge in [0, 0.05) is 28.2 Å². The first-order valence-corrected chi connectivity index (χ1v) is 9.93. The lowest BCUT2D eigenvalue weighted by molar-refractivity contribution is 0.590. The number of hydrogen-bond donors (Lipinski definition) is 0. The van der Waals surface area contributed by atoms with Gasteiger partial charge in [-0.3, -0.25) is 0 Å². The molecule has 0 aliphatic rings. The van der Waals surface area contributed by atoms with Crippen LogP contribution in [0.5, 0.6) is 0 Å². The largest absolute Gasteiger partial charge is 0.343 e. The first-order chi connectivity index (χ1) is 12.4. The van der Waals surface area contributed by atoms with Crippen LogP contribution in [0.2, 0.25) is 0 Å². The van der Waals surface area contributed by atoms with Gasteiger partial charge in [0.2, 0.25) is 0 Å². The summed E-state index contributed by atoms with van der Waals surface area (Å²) in [6.45, 7) is 8.97. The monoisotopic (exact) mass is 359 g/mol. The highest BCUT2D eigenvalue weighted by Gasteiger charge is 2.16. The Labute approximate surface area is 159 Å². The van der Waals surface area contributed by atoms with Gasteiger partial charge in [0.05, 0.1) is 10.4 Å². The first-order valence-electron chi connectivity index (χ1n) is 9.11. The Hall–Kier alpha value is -2.32. The molecule has 0 saturated heterocycles. The lowest BCUT2D eigenvalue weighted by atomic mass is 9.87. The minimum absolute atomic E-state index is 0.181. The standard InChI is InChI=1S/C24H25NS/c1-16-8-6-9-19-20-10-7-11-21(23(20)26-22(16)19)25(5)18-14-12-17(13-15-18)24(2,3)4/h6-15H,1-5H3. The predicted octanol–water partition coefficient (Wildman–Crippen LogP) is 7.43. The fourth-order valence-corrected chi connectivity index (χ4v) is 4.85. The molecule has 1 heterocycles. The van der Waals surface area contributed by atoms with Gasteiger partial charge in [0.25, 0.3) is 0 Å². The fourth-order valence-electron chi connectivity index (χ4n) is 3.53. The molecule has 4 aromatic rings. The molecule has 2 heteroatoms. The Morgan fingerprint density at radius 2 is 1.38 bits per heavy atom. The van der Waals surface area contributed by atoms with Gasteiger partial charge in [0.15, 0.2) is 0 Å². The molecule has 1 nitrogen and oxygen atoms in total. The zero-order chi connectivity index (χ0) is 18.5. The molecule has 26 heavy (non-hydrogen) atoms. The van der Waals surface area contributed by atoms with Crippen LogP contribution in [0.3, 0.4) is 0 Å². The highest BCUT2D eigenvalue weighted by molar-refractivity contribution is 7.26. The molecular formula is C24H25NS. The topological polar surface area (TPSA) is 3.24 Å². The third-order valence-corrected chi connectivity index (χ3v) is 6.56. The van der Waals surface area contributed by atoms with Crippen molar-refractivity contribution in [2.24, 2.45) is 0 Å². The third kappa shape index (κ3) is 2.79. The van der Waals surface area contributed by atoms with E-state index in [2.05, 4.69) is 100 Å². The molecule has 0 saturated carbocycles. The second-order valence-corrected chi connectivity index (χ2v) is 9.08. The van der Waals surface area contributed by atoms with Crippen LogP contribution in [0.4, 0.5) is 11.4 Å². The summed E-state index contributed by atoms with van der Waals surface area (Å²) in [6, 6.07) is 22.2. The molecule has 0 amide bonds. The highest BCUT2D eigenvalue weighted by atomic mass is 32.1. The molecule has 3 aromatic carbocycles. The second-order valence-electron chi connectivity index (χ2n) is 8.06. The van der Waals surface area contributed by atoms with E-state index < -0.39 is 0 Å². The molecule has 0 fully saturated rings. The highest BCUT2D eigenvalue weighted by Crippen LogP contribution is 2.42. The number of nitrogens with zero attached hydrogens (tertiary/aromatic N) is 1.